The van der Waals surface area contributed by atoms with Crippen molar-refractivity contribution in [1.29, 1.82) is 0 Å². The van der Waals surface area contributed by atoms with Crippen LogP contribution in [0.3, 0.4) is 0 Å². The summed E-state index contributed by atoms with van der Waals surface area (Å²) in [4.78, 5) is 27.0. The lowest BCUT2D eigenvalue weighted by Gasteiger charge is -2.18. The molecule has 3 aromatic rings. The smallest absolute Gasteiger partial charge is 0.259 e. The number of halogens is 2. The van der Waals surface area contributed by atoms with Gasteiger partial charge in [-0.3, -0.25) is 9.59 Å². The highest BCUT2D eigenvalue weighted by Gasteiger charge is 2.25. The quantitative estimate of drug-likeness (QED) is 0.655. The normalized spacial score (nSPS) is 12.9. The maximum absolute atomic E-state index is 13.0. The highest BCUT2D eigenvalue weighted by Crippen LogP contribution is 2.28. The van der Waals surface area contributed by atoms with Gasteiger partial charge in [-0.1, -0.05) is 47.5 Å². The van der Waals surface area contributed by atoms with Crippen molar-refractivity contribution in [2.24, 2.45) is 0 Å². The molecule has 0 radical (unpaired) electrons. The number of benzene rings is 2. The Kier molecular flexibility index (Phi) is 4.77. The molecule has 0 fully saturated rings. The summed E-state index contributed by atoms with van der Waals surface area (Å²) in [6, 6.07) is 16.1. The van der Waals surface area contributed by atoms with Gasteiger partial charge in [0.25, 0.3) is 11.5 Å². The lowest BCUT2D eigenvalue weighted by molar-refractivity contribution is 0.0988. The summed E-state index contributed by atoms with van der Waals surface area (Å²) < 4.78 is 1.51. The van der Waals surface area contributed by atoms with E-state index >= 15 is 0 Å². The minimum atomic E-state index is -0.181. The summed E-state index contributed by atoms with van der Waals surface area (Å²) in [5.41, 5.74) is 3.23. The molecule has 0 bridgehead atoms. The van der Waals surface area contributed by atoms with E-state index in [1.165, 1.54) is 10.6 Å². The molecule has 0 saturated heterocycles. The first-order valence-electron chi connectivity index (χ1n) is 8.57. The second kappa shape index (κ2) is 7.22. The standard InChI is InChI=1S/C21H16Cl2N2O2/c22-17-7-5-14(11-18(17)23)12-24-13-16(6-8-20(24)26)21(27)25-10-9-15-3-1-2-4-19(15)25/h1-8,11,13H,9-10,12H2. The lowest BCUT2D eigenvalue weighted by atomic mass is 10.1. The number of rotatable bonds is 3. The Morgan fingerprint density at radius 1 is 1.00 bits per heavy atom. The van der Waals surface area contributed by atoms with Crippen LogP contribution in [0.2, 0.25) is 10.0 Å². The van der Waals surface area contributed by atoms with Crippen molar-refractivity contribution in [1.82, 2.24) is 4.57 Å². The third-order valence-electron chi connectivity index (χ3n) is 4.70. The largest absolute Gasteiger partial charge is 0.310 e. The van der Waals surface area contributed by atoms with Gasteiger partial charge in [-0.05, 0) is 41.8 Å². The van der Waals surface area contributed by atoms with E-state index in [-0.39, 0.29) is 11.5 Å². The lowest BCUT2D eigenvalue weighted by Crippen LogP contribution is -2.30. The minimum absolute atomic E-state index is 0.108. The predicted octanol–water partition coefficient (Wildman–Crippen LogP) is 4.41. The first-order valence-corrected chi connectivity index (χ1v) is 9.33. The van der Waals surface area contributed by atoms with Crippen LogP contribution in [-0.4, -0.2) is 17.0 Å². The number of para-hydroxylation sites is 1. The van der Waals surface area contributed by atoms with Gasteiger partial charge in [0.2, 0.25) is 0 Å². The van der Waals surface area contributed by atoms with E-state index in [1.54, 1.807) is 29.3 Å². The highest BCUT2D eigenvalue weighted by molar-refractivity contribution is 6.42. The first-order chi connectivity index (χ1) is 13.0. The molecule has 1 aliphatic heterocycles. The average Bonchev–Trinajstić information content (AvgIpc) is 3.10. The third-order valence-corrected chi connectivity index (χ3v) is 5.44. The Labute approximate surface area is 166 Å². The molecular weight excluding hydrogens is 383 g/mol. The van der Waals surface area contributed by atoms with E-state index in [9.17, 15) is 9.59 Å². The van der Waals surface area contributed by atoms with Gasteiger partial charge in [0, 0.05) is 24.5 Å². The van der Waals surface area contributed by atoms with E-state index in [2.05, 4.69) is 0 Å². The monoisotopic (exact) mass is 398 g/mol. The van der Waals surface area contributed by atoms with Crippen molar-refractivity contribution in [2.75, 3.05) is 11.4 Å². The van der Waals surface area contributed by atoms with Gasteiger partial charge in [0.05, 0.1) is 22.2 Å². The van der Waals surface area contributed by atoms with Crippen LogP contribution in [0, 0.1) is 0 Å². The van der Waals surface area contributed by atoms with Crippen LogP contribution in [0.5, 0.6) is 0 Å². The molecule has 0 atom stereocenters. The summed E-state index contributed by atoms with van der Waals surface area (Å²) in [5, 5.41) is 0.896. The van der Waals surface area contributed by atoms with Crippen LogP contribution in [0.1, 0.15) is 21.5 Å². The van der Waals surface area contributed by atoms with Crippen LogP contribution in [-0.2, 0) is 13.0 Å². The zero-order valence-electron chi connectivity index (χ0n) is 14.4. The van der Waals surface area contributed by atoms with Crippen molar-refractivity contribution < 1.29 is 4.79 Å². The molecule has 0 unspecified atom stereocenters. The number of carbonyl (C=O) groups excluding carboxylic acids is 1. The summed E-state index contributed by atoms with van der Waals surface area (Å²) >= 11 is 12.0. The fraction of sp³-hybridized carbons (Fsp3) is 0.143. The zero-order chi connectivity index (χ0) is 19.0. The number of hydrogen-bond donors (Lipinski definition) is 0. The van der Waals surface area contributed by atoms with Crippen molar-refractivity contribution in [3.63, 3.8) is 0 Å². The van der Waals surface area contributed by atoms with Crippen LogP contribution < -0.4 is 10.5 Å². The Balaban J connectivity index is 1.63. The molecule has 0 saturated carbocycles. The molecule has 0 N–H and O–H groups in total. The van der Waals surface area contributed by atoms with Gasteiger partial charge in [0.1, 0.15) is 0 Å². The van der Waals surface area contributed by atoms with E-state index in [0.717, 1.165) is 23.2 Å². The van der Waals surface area contributed by atoms with E-state index < -0.39 is 0 Å². The molecule has 1 aliphatic rings. The zero-order valence-corrected chi connectivity index (χ0v) is 15.9. The molecule has 4 rings (SSSR count). The van der Waals surface area contributed by atoms with E-state index in [0.29, 0.717) is 28.7 Å². The SMILES string of the molecule is O=C(c1ccc(=O)n(Cc2ccc(Cl)c(Cl)c2)c1)N1CCc2ccccc21. The third kappa shape index (κ3) is 3.51. The number of fused-ring (bicyclic) bond motifs is 1. The Bertz CT molecular complexity index is 1090. The fourth-order valence-corrected chi connectivity index (χ4v) is 3.64. The molecule has 4 nitrogen and oxygen atoms in total. The molecule has 2 aromatic carbocycles. The maximum atomic E-state index is 13.0. The number of carbonyl (C=O) groups is 1. The summed E-state index contributed by atoms with van der Waals surface area (Å²) in [7, 11) is 0. The molecule has 27 heavy (non-hydrogen) atoms. The molecule has 1 amide bonds. The molecule has 0 spiro atoms. The van der Waals surface area contributed by atoms with E-state index in [4.69, 9.17) is 23.2 Å². The number of hydrogen-bond acceptors (Lipinski definition) is 2. The van der Waals surface area contributed by atoms with Gasteiger partial charge in [-0.15, -0.1) is 0 Å². The minimum Gasteiger partial charge on any atom is -0.310 e. The second-order valence-corrected chi connectivity index (χ2v) is 7.28. The van der Waals surface area contributed by atoms with Crippen molar-refractivity contribution >= 4 is 34.8 Å². The van der Waals surface area contributed by atoms with Crippen LogP contribution >= 0.6 is 23.2 Å². The number of anilines is 1. The van der Waals surface area contributed by atoms with Gasteiger partial charge in [0.15, 0.2) is 0 Å². The van der Waals surface area contributed by atoms with Gasteiger partial charge in [-0.25, -0.2) is 0 Å². The average molecular weight is 399 g/mol. The molecule has 136 valence electrons. The predicted molar refractivity (Wildman–Crippen MR) is 108 cm³/mol. The molecule has 1 aromatic heterocycles. The Morgan fingerprint density at radius 3 is 2.63 bits per heavy atom. The van der Waals surface area contributed by atoms with Gasteiger partial charge in [-0.2, -0.15) is 0 Å². The summed E-state index contributed by atoms with van der Waals surface area (Å²) in [6.07, 6.45) is 2.44. The maximum Gasteiger partial charge on any atom is 0.259 e. The molecule has 6 heteroatoms. The fourth-order valence-electron chi connectivity index (χ4n) is 3.32. The number of pyridine rings is 1. The van der Waals surface area contributed by atoms with Gasteiger partial charge < -0.3 is 9.47 Å². The summed E-state index contributed by atoms with van der Waals surface area (Å²) in [6.45, 7) is 0.956. The van der Waals surface area contributed by atoms with Gasteiger partial charge >= 0.3 is 0 Å². The highest BCUT2D eigenvalue weighted by atomic mass is 35.5. The Hall–Kier alpha value is -2.56. The van der Waals surface area contributed by atoms with Crippen molar-refractivity contribution in [3.05, 3.63) is 97.9 Å². The van der Waals surface area contributed by atoms with Crippen LogP contribution in [0.15, 0.2) is 65.6 Å². The number of amides is 1. The van der Waals surface area contributed by atoms with Crippen molar-refractivity contribution in [3.8, 4) is 0 Å². The van der Waals surface area contributed by atoms with E-state index in [1.807, 2.05) is 30.3 Å². The first kappa shape index (κ1) is 17.8. The summed E-state index contributed by atoms with van der Waals surface area (Å²) in [5.74, 6) is -0.108. The topological polar surface area (TPSA) is 42.3 Å². The number of aromatic nitrogens is 1. The molecule has 2 heterocycles. The second-order valence-electron chi connectivity index (χ2n) is 6.47. The molecule has 0 aliphatic carbocycles. The van der Waals surface area contributed by atoms with Crippen molar-refractivity contribution in [2.45, 2.75) is 13.0 Å². The molecular formula is C21H16Cl2N2O2. The van der Waals surface area contributed by atoms with Crippen LogP contribution in [0.4, 0.5) is 5.69 Å². The number of nitrogens with zero attached hydrogens (tertiary/aromatic N) is 2. The Morgan fingerprint density at radius 2 is 1.81 bits per heavy atom. The van der Waals surface area contributed by atoms with Crippen LogP contribution in [0.25, 0.3) is 0 Å².